The Labute approximate surface area is 149 Å². The Morgan fingerprint density at radius 1 is 1.35 bits per heavy atom. The van der Waals surface area contributed by atoms with Gasteiger partial charge in [0.05, 0.1) is 11.5 Å². The average Bonchev–Trinajstić information content (AvgIpc) is 2.49. The van der Waals surface area contributed by atoms with Crippen molar-refractivity contribution < 1.29 is 13.2 Å². The van der Waals surface area contributed by atoms with Crippen molar-refractivity contribution in [1.82, 2.24) is 10.0 Å². The molecule has 0 bridgehead atoms. The third kappa shape index (κ3) is 5.31. The molecule has 0 unspecified atom stereocenters. The number of benzene rings is 1. The van der Waals surface area contributed by atoms with Crippen molar-refractivity contribution in [3.05, 3.63) is 28.8 Å². The third-order valence-corrected chi connectivity index (χ3v) is 6.01. The van der Waals surface area contributed by atoms with Crippen LogP contribution < -0.4 is 10.0 Å². The van der Waals surface area contributed by atoms with E-state index in [9.17, 15) is 8.42 Å². The van der Waals surface area contributed by atoms with Crippen LogP contribution in [0.2, 0.25) is 5.02 Å². The average molecular weight is 383 g/mol. The van der Waals surface area contributed by atoms with Gasteiger partial charge in [-0.1, -0.05) is 17.7 Å². The molecule has 23 heavy (non-hydrogen) atoms. The number of halogens is 2. The Bertz CT molecular complexity index is 612. The second-order valence-electron chi connectivity index (χ2n) is 5.92. The van der Waals surface area contributed by atoms with E-state index in [2.05, 4.69) is 10.0 Å². The minimum Gasteiger partial charge on any atom is -0.384 e. The van der Waals surface area contributed by atoms with Crippen LogP contribution in [0.5, 0.6) is 0 Å². The first-order valence-corrected chi connectivity index (χ1v) is 9.20. The predicted octanol–water partition coefficient (Wildman–Crippen LogP) is 2.36. The molecule has 0 atom stereocenters. The van der Waals surface area contributed by atoms with Gasteiger partial charge < -0.3 is 10.1 Å². The molecule has 0 spiro atoms. The highest BCUT2D eigenvalue weighted by atomic mass is 35.5. The lowest BCUT2D eigenvalue weighted by atomic mass is 9.80. The van der Waals surface area contributed by atoms with Crippen molar-refractivity contribution >= 4 is 34.0 Å². The molecule has 2 N–H and O–H groups in total. The third-order valence-electron chi connectivity index (χ3n) is 4.21. The summed E-state index contributed by atoms with van der Waals surface area (Å²) in [7, 11) is -1.91. The summed E-state index contributed by atoms with van der Waals surface area (Å²) >= 11 is 6.03. The van der Waals surface area contributed by atoms with Gasteiger partial charge in [0, 0.05) is 24.1 Å². The van der Waals surface area contributed by atoms with Crippen LogP contribution in [-0.4, -0.2) is 41.8 Å². The fraction of sp³-hybridized carbons (Fsp3) is 0.600. The van der Waals surface area contributed by atoms with Gasteiger partial charge in [-0.3, -0.25) is 0 Å². The fourth-order valence-corrected chi connectivity index (χ4v) is 4.14. The number of rotatable bonds is 6. The SMILES string of the molecule is COCC1(CNS(=O)(=O)c2ccc(C)c(Cl)c2)CCNCC1.Cl. The maximum absolute atomic E-state index is 12.5. The van der Waals surface area contributed by atoms with E-state index in [4.69, 9.17) is 16.3 Å². The Morgan fingerprint density at radius 2 is 2.00 bits per heavy atom. The van der Waals surface area contributed by atoms with Crippen molar-refractivity contribution in [1.29, 1.82) is 0 Å². The number of piperidine rings is 1. The molecule has 0 aromatic heterocycles. The number of hydrogen-bond donors (Lipinski definition) is 2. The van der Waals surface area contributed by atoms with Gasteiger partial charge in [-0.05, 0) is 50.6 Å². The Kier molecular flexibility index (Phi) is 7.77. The van der Waals surface area contributed by atoms with Crippen LogP contribution in [-0.2, 0) is 14.8 Å². The molecular weight excluding hydrogens is 359 g/mol. The van der Waals surface area contributed by atoms with Crippen LogP contribution in [0.4, 0.5) is 0 Å². The van der Waals surface area contributed by atoms with Gasteiger partial charge in [-0.25, -0.2) is 13.1 Å². The van der Waals surface area contributed by atoms with Gasteiger partial charge >= 0.3 is 0 Å². The van der Waals surface area contributed by atoms with Crippen molar-refractivity contribution in [3.8, 4) is 0 Å². The number of ether oxygens (including phenoxy) is 1. The van der Waals surface area contributed by atoms with Gasteiger partial charge in [0.1, 0.15) is 0 Å². The highest BCUT2D eigenvalue weighted by Crippen LogP contribution is 2.29. The van der Waals surface area contributed by atoms with Crippen LogP contribution in [0, 0.1) is 12.3 Å². The summed E-state index contributed by atoms with van der Waals surface area (Å²) < 4.78 is 32.9. The van der Waals surface area contributed by atoms with E-state index in [0.717, 1.165) is 31.5 Å². The van der Waals surface area contributed by atoms with Crippen molar-refractivity contribution in [3.63, 3.8) is 0 Å². The molecule has 2 rings (SSSR count). The molecular formula is C15H24Cl2N2O3S. The summed E-state index contributed by atoms with van der Waals surface area (Å²) in [5.41, 5.74) is 0.705. The Balaban J connectivity index is 0.00000264. The van der Waals surface area contributed by atoms with E-state index in [-0.39, 0.29) is 22.7 Å². The summed E-state index contributed by atoms with van der Waals surface area (Å²) in [5, 5.41) is 3.75. The molecule has 0 aliphatic carbocycles. The van der Waals surface area contributed by atoms with Gasteiger partial charge in [0.25, 0.3) is 0 Å². The van der Waals surface area contributed by atoms with Gasteiger partial charge in [0.2, 0.25) is 10.0 Å². The van der Waals surface area contributed by atoms with Crippen molar-refractivity contribution in [2.45, 2.75) is 24.7 Å². The van der Waals surface area contributed by atoms with Crippen molar-refractivity contribution in [2.75, 3.05) is 33.4 Å². The first-order chi connectivity index (χ1) is 10.4. The second-order valence-corrected chi connectivity index (χ2v) is 8.09. The van der Waals surface area contributed by atoms with Gasteiger partial charge in [0.15, 0.2) is 0 Å². The van der Waals surface area contributed by atoms with Crippen LogP contribution in [0.25, 0.3) is 0 Å². The van der Waals surface area contributed by atoms with Crippen LogP contribution in [0.15, 0.2) is 23.1 Å². The summed E-state index contributed by atoms with van der Waals surface area (Å²) in [6, 6.07) is 4.78. The van der Waals surface area contributed by atoms with E-state index < -0.39 is 10.0 Å². The molecule has 8 heteroatoms. The minimum absolute atomic E-state index is 0. The molecule has 0 amide bonds. The molecule has 1 heterocycles. The molecule has 1 aromatic carbocycles. The van der Waals surface area contributed by atoms with Crippen LogP contribution in [0.1, 0.15) is 18.4 Å². The maximum atomic E-state index is 12.5. The van der Waals surface area contributed by atoms with Crippen molar-refractivity contribution in [2.24, 2.45) is 5.41 Å². The number of nitrogens with one attached hydrogen (secondary N) is 2. The monoisotopic (exact) mass is 382 g/mol. The normalized spacial score (nSPS) is 17.5. The lowest BCUT2D eigenvalue weighted by Gasteiger charge is -2.37. The molecule has 132 valence electrons. The molecule has 5 nitrogen and oxygen atoms in total. The quantitative estimate of drug-likeness (QED) is 0.792. The molecule has 1 aromatic rings. The minimum atomic E-state index is -3.57. The first kappa shape index (κ1) is 20.7. The zero-order chi connectivity index (χ0) is 16.2. The smallest absolute Gasteiger partial charge is 0.240 e. The lowest BCUT2D eigenvalue weighted by molar-refractivity contribution is 0.0577. The summed E-state index contributed by atoms with van der Waals surface area (Å²) in [6.45, 7) is 4.51. The summed E-state index contributed by atoms with van der Waals surface area (Å²) in [6.07, 6.45) is 1.77. The molecule has 0 radical (unpaired) electrons. The zero-order valence-corrected chi connectivity index (χ0v) is 15.8. The standard InChI is InChI=1S/C15H23ClN2O3S.ClH/c1-12-3-4-13(9-14(12)16)22(19,20)18-10-15(11-21-2)5-7-17-8-6-15;/h3-4,9,17-18H,5-8,10-11H2,1-2H3;1H. The van der Waals surface area contributed by atoms with E-state index in [0.29, 0.717) is 18.2 Å². The largest absolute Gasteiger partial charge is 0.384 e. The number of methoxy groups -OCH3 is 1. The topological polar surface area (TPSA) is 67.4 Å². The van der Waals surface area contributed by atoms with Crippen LogP contribution >= 0.6 is 24.0 Å². The molecule has 1 aliphatic rings. The number of aryl methyl sites for hydroxylation is 1. The van der Waals surface area contributed by atoms with Gasteiger partial charge in [-0.15, -0.1) is 12.4 Å². The molecule has 1 fully saturated rings. The molecule has 1 aliphatic heterocycles. The number of hydrogen-bond acceptors (Lipinski definition) is 4. The second kappa shape index (κ2) is 8.65. The number of sulfonamides is 1. The highest BCUT2D eigenvalue weighted by molar-refractivity contribution is 7.89. The van der Waals surface area contributed by atoms with E-state index in [1.165, 1.54) is 6.07 Å². The van der Waals surface area contributed by atoms with E-state index in [1.807, 2.05) is 6.92 Å². The Morgan fingerprint density at radius 3 is 2.57 bits per heavy atom. The van der Waals surface area contributed by atoms with Gasteiger partial charge in [-0.2, -0.15) is 0 Å². The fourth-order valence-electron chi connectivity index (χ4n) is 2.71. The summed E-state index contributed by atoms with van der Waals surface area (Å²) in [4.78, 5) is 0.199. The summed E-state index contributed by atoms with van der Waals surface area (Å²) in [5.74, 6) is 0. The van der Waals surface area contributed by atoms with Crippen LogP contribution in [0.3, 0.4) is 0 Å². The predicted molar refractivity (Wildman–Crippen MR) is 95.0 cm³/mol. The lowest BCUT2D eigenvalue weighted by Crippen LogP contribution is -2.47. The van der Waals surface area contributed by atoms with E-state index >= 15 is 0 Å². The Hall–Kier alpha value is -0.370. The molecule has 0 saturated carbocycles. The zero-order valence-electron chi connectivity index (χ0n) is 13.4. The maximum Gasteiger partial charge on any atom is 0.240 e. The van der Waals surface area contributed by atoms with E-state index in [1.54, 1.807) is 19.2 Å². The molecule has 1 saturated heterocycles. The first-order valence-electron chi connectivity index (χ1n) is 7.34. The highest BCUT2D eigenvalue weighted by Gasteiger charge is 2.33.